The Morgan fingerprint density at radius 2 is 2.41 bits per heavy atom. The maximum absolute atomic E-state index is 11.9. The summed E-state index contributed by atoms with van der Waals surface area (Å²) in [5, 5.41) is 7.47. The topological polar surface area (TPSA) is 67.9 Å². The van der Waals surface area contributed by atoms with Gasteiger partial charge in [0.2, 0.25) is 0 Å². The number of pyridine rings is 1. The number of fused-ring (bicyclic) bond motifs is 1. The molecule has 0 aliphatic heterocycles. The Bertz CT molecular complexity index is 572. The number of aromatic nitrogens is 3. The van der Waals surface area contributed by atoms with E-state index in [1.807, 2.05) is 6.07 Å². The fourth-order valence-corrected chi connectivity index (χ4v) is 1.91. The summed E-state index contributed by atoms with van der Waals surface area (Å²) in [5.74, 6) is 0.194. The van der Waals surface area contributed by atoms with Crippen LogP contribution in [0.15, 0.2) is 12.3 Å². The molecule has 17 heavy (non-hydrogen) atoms. The van der Waals surface area contributed by atoms with E-state index in [4.69, 9.17) is 4.74 Å². The minimum atomic E-state index is -0.303. The normalized spacial score (nSPS) is 15.1. The largest absolute Gasteiger partial charge is 0.462 e. The second-order valence-corrected chi connectivity index (χ2v) is 4.22. The lowest BCUT2D eigenvalue weighted by Crippen LogP contribution is -2.06. The maximum atomic E-state index is 11.9. The molecule has 0 bridgehead atoms. The predicted molar refractivity (Wildman–Crippen MR) is 61.8 cm³/mol. The molecule has 1 aliphatic carbocycles. The molecule has 3 rings (SSSR count). The first-order valence-electron chi connectivity index (χ1n) is 5.80. The van der Waals surface area contributed by atoms with Crippen molar-refractivity contribution in [2.45, 2.75) is 25.7 Å². The van der Waals surface area contributed by atoms with Crippen molar-refractivity contribution in [2.24, 2.45) is 0 Å². The number of nitrogens with zero attached hydrogens (tertiary/aromatic N) is 2. The zero-order valence-corrected chi connectivity index (χ0v) is 9.56. The smallest absolute Gasteiger partial charge is 0.338 e. The number of hydrogen-bond donors (Lipinski definition) is 1. The van der Waals surface area contributed by atoms with Crippen molar-refractivity contribution in [3.8, 4) is 0 Å². The molecule has 0 unspecified atom stereocenters. The van der Waals surface area contributed by atoms with E-state index in [-0.39, 0.29) is 5.97 Å². The van der Waals surface area contributed by atoms with Crippen LogP contribution in [0.3, 0.4) is 0 Å². The van der Waals surface area contributed by atoms with Crippen LogP contribution < -0.4 is 0 Å². The summed E-state index contributed by atoms with van der Waals surface area (Å²) in [6, 6.07) is 1.84. The van der Waals surface area contributed by atoms with E-state index >= 15 is 0 Å². The Kier molecular flexibility index (Phi) is 2.31. The monoisotopic (exact) mass is 231 g/mol. The molecule has 1 aliphatic rings. The molecule has 1 N–H and O–H groups in total. The molecule has 1 fully saturated rings. The summed E-state index contributed by atoms with van der Waals surface area (Å²) in [5.41, 5.74) is 2.19. The summed E-state index contributed by atoms with van der Waals surface area (Å²) >= 11 is 0. The first-order chi connectivity index (χ1) is 8.29. The van der Waals surface area contributed by atoms with E-state index in [2.05, 4.69) is 15.2 Å². The summed E-state index contributed by atoms with van der Waals surface area (Å²) in [7, 11) is 0. The second-order valence-electron chi connectivity index (χ2n) is 4.22. The summed E-state index contributed by atoms with van der Waals surface area (Å²) in [4.78, 5) is 16.3. The fraction of sp³-hybridized carbons (Fsp3) is 0.417. The third-order valence-electron chi connectivity index (χ3n) is 2.93. The van der Waals surface area contributed by atoms with Gasteiger partial charge in [-0.2, -0.15) is 5.10 Å². The lowest BCUT2D eigenvalue weighted by atomic mass is 10.1. The van der Waals surface area contributed by atoms with E-state index in [1.165, 1.54) is 0 Å². The number of hydrogen-bond acceptors (Lipinski definition) is 4. The number of rotatable bonds is 3. The Morgan fingerprint density at radius 1 is 1.59 bits per heavy atom. The van der Waals surface area contributed by atoms with Gasteiger partial charge in [-0.3, -0.25) is 5.10 Å². The van der Waals surface area contributed by atoms with Gasteiger partial charge in [-0.25, -0.2) is 9.78 Å². The van der Waals surface area contributed by atoms with Crippen molar-refractivity contribution in [1.29, 1.82) is 0 Å². The van der Waals surface area contributed by atoms with Crippen molar-refractivity contribution in [1.82, 2.24) is 15.2 Å². The van der Waals surface area contributed by atoms with Crippen LogP contribution in [0, 0.1) is 0 Å². The van der Waals surface area contributed by atoms with E-state index < -0.39 is 0 Å². The molecule has 2 heterocycles. The van der Waals surface area contributed by atoms with Gasteiger partial charge in [0.05, 0.1) is 23.8 Å². The molecule has 0 aromatic carbocycles. The van der Waals surface area contributed by atoms with Crippen molar-refractivity contribution in [2.75, 3.05) is 6.61 Å². The van der Waals surface area contributed by atoms with Crippen LogP contribution in [0.25, 0.3) is 11.0 Å². The molecule has 0 spiro atoms. The number of ether oxygens (including phenoxy) is 1. The first kappa shape index (κ1) is 10.3. The van der Waals surface area contributed by atoms with Crippen molar-refractivity contribution < 1.29 is 9.53 Å². The summed E-state index contributed by atoms with van der Waals surface area (Å²) < 4.78 is 5.05. The quantitative estimate of drug-likeness (QED) is 0.820. The number of aromatic amines is 1. The van der Waals surface area contributed by atoms with Crippen LogP contribution in [0.2, 0.25) is 0 Å². The molecule has 0 saturated heterocycles. The molecule has 2 aromatic rings. The third kappa shape index (κ3) is 1.77. The van der Waals surface area contributed by atoms with Gasteiger partial charge in [-0.05, 0) is 25.8 Å². The lowest BCUT2D eigenvalue weighted by Gasteiger charge is -2.05. The minimum Gasteiger partial charge on any atom is -0.462 e. The SMILES string of the molecule is CCOC(=O)c1cc(C2CC2)nc2[nH]ncc12. The molecule has 0 radical (unpaired) electrons. The van der Waals surface area contributed by atoms with Crippen LogP contribution in [0.4, 0.5) is 0 Å². The zero-order chi connectivity index (χ0) is 11.8. The minimum absolute atomic E-state index is 0.303. The fourth-order valence-electron chi connectivity index (χ4n) is 1.91. The summed E-state index contributed by atoms with van der Waals surface area (Å²) in [6.45, 7) is 2.17. The van der Waals surface area contributed by atoms with Crippen LogP contribution in [-0.2, 0) is 4.74 Å². The highest BCUT2D eigenvalue weighted by molar-refractivity contribution is 6.02. The van der Waals surface area contributed by atoms with Gasteiger partial charge >= 0.3 is 5.97 Å². The van der Waals surface area contributed by atoms with Gasteiger partial charge in [0.1, 0.15) is 0 Å². The van der Waals surface area contributed by atoms with Crippen molar-refractivity contribution >= 4 is 17.0 Å². The molecular formula is C12H13N3O2. The third-order valence-corrected chi connectivity index (χ3v) is 2.93. The van der Waals surface area contributed by atoms with Gasteiger partial charge in [0, 0.05) is 11.6 Å². The van der Waals surface area contributed by atoms with Crippen LogP contribution in [0.1, 0.15) is 41.7 Å². The molecule has 1 saturated carbocycles. The lowest BCUT2D eigenvalue weighted by molar-refractivity contribution is 0.0528. The number of H-pyrrole nitrogens is 1. The van der Waals surface area contributed by atoms with Gasteiger partial charge in [-0.1, -0.05) is 0 Å². The molecule has 5 nitrogen and oxygen atoms in total. The predicted octanol–water partition coefficient (Wildman–Crippen LogP) is 2.01. The van der Waals surface area contributed by atoms with E-state index in [0.29, 0.717) is 23.7 Å². The average Bonchev–Trinajstić information content (AvgIpc) is 3.06. The van der Waals surface area contributed by atoms with Crippen molar-refractivity contribution in [3.63, 3.8) is 0 Å². The highest BCUT2D eigenvalue weighted by Gasteiger charge is 2.27. The molecule has 0 atom stereocenters. The van der Waals surface area contributed by atoms with Gasteiger partial charge in [-0.15, -0.1) is 0 Å². The Morgan fingerprint density at radius 3 is 3.12 bits per heavy atom. The maximum Gasteiger partial charge on any atom is 0.338 e. The Balaban J connectivity index is 2.12. The molecule has 0 amide bonds. The van der Waals surface area contributed by atoms with E-state index in [9.17, 15) is 4.79 Å². The summed E-state index contributed by atoms with van der Waals surface area (Å²) in [6.07, 6.45) is 3.91. The molecule has 5 heteroatoms. The number of carbonyl (C=O) groups excluding carboxylic acids is 1. The standard InChI is InChI=1S/C12H13N3O2/c1-2-17-12(16)8-5-10(7-3-4-7)14-11-9(8)6-13-15-11/h5-7H,2-4H2,1H3,(H,13,14,15). The van der Waals surface area contributed by atoms with Crippen LogP contribution in [0.5, 0.6) is 0 Å². The number of esters is 1. The van der Waals surface area contributed by atoms with Crippen molar-refractivity contribution in [3.05, 3.63) is 23.5 Å². The van der Waals surface area contributed by atoms with Gasteiger partial charge in [0.25, 0.3) is 0 Å². The average molecular weight is 231 g/mol. The zero-order valence-electron chi connectivity index (χ0n) is 9.56. The number of carbonyl (C=O) groups is 1. The highest BCUT2D eigenvalue weighted by atomic mass is 16.5. The van der Waals surface area contributed by atoms with Gasteiger partial charge in [0.15, 0.2) is 5.65 Å². The van der Waals surface area contributed by atoms with Gasteiger partial charge < -0.3 is 4.74 Å². The first-order valence-corrected chi connectivity index (χ1v) is 5.80. The van der Waals surface area contributed by atoms with Crippen LogP contribution >= 0.6 is 0 Å². The second kappa shape index (κ2) is 3.84. The van der Waals surface area contributed by atoms with E-state index in [1.54, 1.807) is 13.1 Å². The molecule has 88 valence electrons. The highest BCUT2D eigenvalue weighted by Crippen LogP contribution is 2.40. The molecular weight excluding hydrogens is 218 g/mol. The van der Waals surface area contributed by atoms with E-state index in [0.717, 1.165) is 23.9 Å². The Hall–Kier alpha value is -1.91. The number of nitrogens with one attached hydrogen (secondary N) is 1. The van der Waals surface area contributed by atoms with Crippen LogP contribution in [-0.4, -0.2) is 27.8 Å². The Labute approximate surface area is 98.2 Å². The molecule has 2 aromatic heterocycles.